The number of rotatable bonds is 2. The van der Waals surface area contributed by atoms with Crippen molar-refractivity contribution in [2.45, 2.75) is 46.5 Å². The maximum atomic E-state index is 5.83. The molecule has 0 aliphatic heterocycles. The van der Waals surface area contributed by atoms with E-state index in [1.165, 1.54) is 10.9 Å². The van der Waals surface area contributed by atoms with Gasteiger partial charge in [0.05, 0.1) is 6.20 Å². The maximum absolute atomic E-state index is 5.83. The summed E-state index contributed by atoms with van der Waals surface area (Å²) in [6, 6.07) is 2.16. The van der Waals surface area contributed by atoms with Gasteiger partial charge in [0.15, 0.2) is 5.58 Å². The maximum Gasteiger partial charge on any atom is 0.152 e. The van der Waals surface area contributed by atoms with Crippen LogP contribution in [0.3, 0.4) is 0 Å². The summed E-state index contributed by atoms with van der Waals surface area (Å²) in [4.78, 5) is 4.43. The molecule has 0 aromatic carbocycles. The summed E-state index contributed by atoms with van der Waals surface area (Å²) in [5.74, 6) is 1.97. The van der Waals surface area contributed by atoms with Crippen molar-refractivity contribution in [1.82, 2.24) is 4.98 Å². The molecule has 0 bridgehead atoms. The van der Waals surface area contributed by atoms with Gasteiger partial charge in [-0.15, -0.1) is 0 Å². The summed E-state index contributed by atoms with van der Waals surface area (Å²) in [6.07, 6.45) is 1.85. The van der Waals surface area contributed by atoms with Gasteiger partial charge in [0.2, 0.25) is 0 Å². The molecule has 0 unspecified atom stereocenters. The van der Waals surface area contributed by atoms with Crippen molar-refractivity contribution >= 4 is 11.0 Å². The summed E-state index contributed by atoms with van der Waals surface area (Å²) in [5, 5.41) is 1.21. The normalized spacial score (nSPS) is 11.9. The third kappa shape index (κ3) is 1.73. The van der Waals surface area contributed by atoms with Gasteiger partial charge in [-0.3, -0.25) is 4.98 Å². The van der Waals surface area contributed by atoms with Gasteiger partial charge in [0, 0.05) is 17.0 Å². The van der Waals surface area contributed by atoms with E-state index in [-0.39, 0.29) is 0 Å². The van der Waals surface area contributed by atoms with Gasteiger partial charge in [-0.25, -0.2) is 0 Å². The average Bonchev–Trinajstić information content (AvgIpc) is 2.56. The van der Waals surface area contributed by atoms with Crippen LogP contribution in [0, 0.1) is 6.92 Å². The predicted molar refractivity (Wildman–Crippen MR) is 66.9 cm³/mol. The van der Waals surface area contributed by atoms with Crippen LogP contribution in [0.15, 0.2) is 16.7 Å². The molecule has 2 heteroatoms. The fourth-order valence-electron chi connectivity index (χ4n) is 2.03. The third-order valence-corrected chi connectivity index (χ3v) is 3.00. The van der Waals surface area contributed by atoms with Crippen molar-refractivity contribution in [3.05, 3.63) is 29.3 Å². The number of pyridine rings is 1. The number of hydrogen-bond acceptors (Lipinski definition) is 2. The Kier molecular flexibility index (Phi) is 2.75. The van der Waals surface area contributed by atoms with Crippen molar-refractivity contribution in [2.75, 3.05) is 0 Å². The van der Waals surface area contributed by atoms with Gasteiger partial charge < -0.3 is 4.42 Å². The molecule has 0 saturated carbocycles. The monoisotopic (exact) mass is 217 g/mol. The van der Waals surface area contributed by atoms with Crippen molar-refractivity contribution in [3.63, 3.8) is 0 Å². The summed E-state index contributed by atoms with van der Waals surface area (Å²) >= 11 is 0. The third-order valence-electron chi connectivity index (χ3n) is 3.00. The smallest absolute Gasteiger partial charge is 0.152 e. The van der Waals surface area contributed by atoms with E-state index in [0.29, 0.717) is 11.8 Å². The Labute approximate surface area is 96.7 Å². The van der Waals surface area contributed by atoms with E-state index in [2.05, 4.69) is 45.7 Å². The van der Waals surface area contributed by atoms with E-state index in [9.17, 15) is 0 Å². The van der Waals surface area contributed by atoms with Crippen LogP contribution < -0.4 is 0 Å². The Morgan fingerprint density at radius 3 is 2.38 bits per heavy atom. The quantitative estimate of drug-likeness (QED) is 0.746. The van der Waals surface area contributed by atoms with E-state index < -0.39 is 0 Å². The van der Waals surface area contributed by atoms with Crippen LogP contribution in [0.25, 0.3) is 11.0 Å². The van der Waals surface area contributed by atoms with Crippen LogP contribution in [0.1, 0.15) is 56.5 Å². The van der Waals surface area contributed by atoms with Crippen LogP contribution in [-0.4, -0.2) is 4.98 Å². The molecule has 2 heterocycles. The molecular formula is C14H19NO. The lowest BCUT2D eigenvalue weighted by atomic mass is 10.0. The van der Waals surface area contributed by atoms with E-state index >= 15 is 0 Å². The van der Waals surface area contributed by atoms with Crippen molar-refractivity contribution in [1.29, 1.82) is 0 Å². The molecule has 86 valence electrons. The molecule has 0 aliphatic rings. The molecule has 2 aromatic rings. The molecule has 2 nitrogen and oxygen atoms in total. The minimum absolute atomic E-state index is 0.426. The highest BCUT2D eigenvalue weighted by atomic mass is 16.3. The Balaban J connectivity index is 2.64. The molecule has 0 saturated heterocycles. The van der Waals surface area contributed by atoms with Gasteiger partial charge in [0.1, 0.15) is 5.76 Å². The molecule has 0 atom stereocenters. The molecule has 0 radical (unpaired) electrons. The fraction of sp³-hybridized carbons (Fsp3) is 0.500. The second-order valence-electron chi connectivity index (χ2n) is 5.01. The van der Waals surface area contributed by atoms with Gasteiger partial charge in [-0.2, -0.15) is 0 Å². The van der Waals surface area contributed by atoms with E-state index in [0.717, 1.165) is 17.0 Å². The number of fused-ring (bicyclic) bond motifs is 1. The fourth-order valence-corrected chi connectivity index (χ4v) is 2.03. The number of hydrogen-bond donors (Lipinski definition) is 0. The zero-order valence-electron chi connectivity index (χ0n) is 10.7. The molecule has 2 rings (SSSR count). The Morgan fingerprint density at radius 1 is 1.12 bits per heavy atom. The standard InChI is InChI=1S/C14H19NO/c1-8(2)12-6-11-10(5)14(9(3)4)16-13(11)7-15-12/h6-9H,1-5H3. The predicted octanol–water partition coefficient (Wildman–Crippen LogP) is 4.38. The van der Waals surface area contributed by atoms with Crippen LogP contribution in [0.5, 0.6) is 0 Å². The lowest BCUT2D eigenvalue weighted by Crippen LogP contribution is -1.91. The largest absolute Gasteiger partial charge is 0.459 e. The highest BCUT2D eigenvalue weighted by Gasteiger charge is 2.14. The number of nitrogens with zero attached hydrogens (tertiary/aromatic N) is 1. The zero-order chi connectivity index (χ0) is 11.9. The topological polar surface area (TPSA) is 26.0 Å². The van der Waals surface area contributed by atoms with Crippen molar-refractivity contribution in [3.8, 4) is 0 Å². The highest BCUT2D eigenvalue weighted by Crippen LogP contribution is 2.31. The first-order chi connectivity index (χ1) is 7.50. The minimum atomic E-state index is 0.426. The van der Waals surface area contributed by atoms with E-state index in [1.807, 2.05) is 6.20 Å². The Hall–Kier alpha value is -1.31. The number of aromatic nitrogens is 1. The molecule has 2 aromatic heterocycles. The number of aryl methyl sites for hydroxylation is 1. The van der Waals surface area contributed by atoms with Gasteiger partial charge in [-0.1, -0.05) is 27.7 Å². The lowest BCUT2D eigenvalue weighted by Gasteiger charge is -2.03. The van der Waals surface area contributed by atoms with Crippen molar-refractivity contribution in [2.24, 2.45) is 0 Å². The minimum Gasteiger partial charge on any atom is -0.459 e. The summed E-state index contributed by atoms with van der Waals surface area (Å²) < 4.78 is 5.83. The average molecular weight is 217 g/mol. The first kappa shape index (κ1) is 11.2. The molecule has 16 heavy (non-hydrogen) atoms. The van der Waals surface area contributed by atoms with Gasteiger partial charge in [0.25, 0.3) is 0 Å². The molecule has 0 amide bonds. The second-order valence-corrected chi connectivity index (χ2v) is 5.01. The second kappa shape index (κ2) is 3.93. The van der Waals surface area contributed by atoms with Crippen LogP contribution in [0.2, 0.25) is 0 Å². The summed E-state index contributed by atoms with van der Waals surface area (Å²) in [5.41, 5.74) is 3.30. The van der Waals surface area contributed by atoms with Gasteiger partial charge >= 0.3 is 0 Å². The molecule has 0 spiro atoms. The van der Waals surface area contributed by atoms with Gasteiger partial charge in [-0.05, 0) is 24.5 Å². The van der Waals surface area contributed by atoms with Crippen LogP contribution in [-0.2, 0) is 0 Å². The van der Waals surface area contributed by atoms with Crippen LogP contribution in [0.4, 0.5) is 0 Å². The first-order valence-corrected chi connectivity index (χ1v) is 5.89. The van der Waals surface area contributed by atoms with Crippen LogP contribution >= 0.6 is 0 Å². The van der Waals surface area contributed by atoms with Crippen molar-refractivity contribution < 1.29 is 4.42 Å². The Morgan fingerprint density at radius 2 is 1.81 bits per heavy atom. The first-order valence-electron chi connectivity index (χ1n) is 5.89. The van der Waals surface area contributed by atoms with E-state index in [4.69, 9.17) is 4.42 Å². The lowest BCUT2D eigenvalue weighted by molar-refractivity contribution is 0.516. The SMILES string of the molecule is Cc1c(C(C)C)oc2cnc(C(C)C)cc12. The summed E-state index contributed by atoms with van der Waals surface area (Å²) in [6.45, 7) is 10.8. The molecular weight excluding hydrogens is 198 g/mol. The summed E-state index contributed by atoms with van der Waals surface area (Å²) in [7, 11) is 0. The Bertz CT molecular complexity index is 509. The number of furan rings is 1. The highest BCUT2D eigenvalue weighted by molar-refractivity contribution is 5.81. The molecule has 0 N–H and O–H groups in total. The van der Waals surface area contributed by atoms with E-state index in [1.54, 1.807) is 0 Å². The zero-order valence-corrected chi connectivity index (χ0v) is 10.7. The molecule has 0 fully saturated rings. The molecule has 0 aliphatic carbocycles.